The number of ether oxygens (including phenoxy) is 1. The van der Waals surface area contributed by atoms with Gasteiger partial charge in [0.25, 0.3) is 0 Å². The number of halogens is 1. The number of para-hydroxylation sites is 1. The molecule has 1 fully saturated rings. The number of H-pyrrole nitrogens is 1. The van der Waals surface area contributed by atoms with Crippen LogP contribution in [0.15, 0.2) is 18.2 Å². The number of hydrogen-bond donors (Lipinski definition) is 2. The van der Waals surface area contributed by atoms with Crippen LogP contribution in [0.4, 0.5) is 9.18 Å². The molecule has 0 aliphatic carbocycles. The Labute approximate surface area is 206 Å². The number of nitrogens with one attached hydrogen (secondary N) is 2. The first-order chi connectivity index (χ1) is 16.5. The molecule has 1 aliphatic rings. The number of fused-ring (bicyclic) bond motifs is 1. The zero-order chi connectivity index (χ0) is 25.8. The Balaban J connectivity index is 1.75. The van der Waals surface area contributed by atoms with Gasteiger partial charge in [0.2, 0.25) is 5.91 Å². The normalized spacial score (nSPS) is 18.2. The molecule has 3 rings (SSSR count). The molecule has 0 unspecified atom stereocenters. The SMILES string of the molecule is CC[C@H]1CCCCN1C(=O)C[C@H](NC(=O)OC(C)(C)C)C(=O)C[C@@H](C)c1nc2c(F)cccc2[nH]1. The Morgan fingerprint density at radius 1 is 1.26 bits per heavy atom. The number of imidazole rings is 1. The lowest BCUT2D eigenvalue weighted by molar-refractivity contribution is -0.137. The quantitative estimate of drug-likeness (QED) is 0.553. The highest BCUT2D eigenvalue weighted by atomic mass is 19.1. The molecule has 2 heterocycles. The summed E-state index contributed by atoms with van der Waals surface area (Å²) in [7, 11) is 0. The van der Waals surface area contributed by atoms with Crippen molar-refractivity contribution in [3.8, 4) is 0 Å². The van der Waals surface area contributed by atoms with E-state index in [1.165, 1.54) is 6.07 Å². The van der Waals surface area contributed by atoms with E-state index in [1.54, 1.807) is 39.8 Å². The molecule has 1 saturated heterocycles. The minimum absolute atomic E-state index is 0.0202. The number of aromatic nitrogens is 2. The van der Waals surface area contributed by atoms with Crippen LogP contribution in [-0.2, 0) is 14.3 Å². The minimum Gasteiger partial charge on any atom is -0.444 e. The smallest absolute Gasteiger partial charge is 0.408 e. The van der Waals surface area contributed by atoms with Gasteiger partial charge in [-0.1, -0.05) is 19.9 Å². The Bertz CT molecular complexity index is 1060. The molecule has 1 aromatic heterocycles. The van der Waals surface area contributed by atoms with Gasteiger partial charge < -0.3 is 19.9 Å². The lowest BCUT2D eigenvalue weighted by atomic mass is 9.95. The highest BCUT2D eigenvalue weighted by Crippen LogP contribution is 2.24. The number of nitrogens with zero attached hydrogens (tertiary/aromatic N) is 2. The number of hydrogen-bond acceptors (Lipinski definition) is 5. The van der Waals surface area contributed by atoms with E-state index in [0.29, 0.717) is 17.9 Å². The molecule has 1 aliphatic heterocycles. The van der Waals surface area contributed by atoms with Gasteiger partial charge in [0.05, 0.1) is 18.0 Å². The van der Waals surface area contributed by atoms with E-state index >= 15 is 0 Å². The number of benzene rings is 1. The average Bonchev–Trinajstić information content (AvgIpc) is 3.23. The summed E-state index contributed by atoms with van der Waals surface area (Å²) in [4.78, 5) is 48.2. The third kappa shape index (κ3) is 7.02. The van der Waals surface area contributed by atoms with Crippen LogP contribution in [0.5, 0.6) is 0 Å². The molecule has 9 heteroatoms. The molecule has 0 saturated carbocycles. The van der Waals surface area contributed by atoms with Crippen molar-refractivity contribution in [1.82, 2.24) is 20.2 Å². The number of Topliss-reactive ketones (excluding diaryl/α,β-unsaturated/α-hetero) is 1. The van der Waals surface area contributed by atoms with E-state index < -0.39 is 23.6 Å². The number of ketones is 1. The maximum absolute atomic E-state index is 14.1. The second-order valence-electron chi connectivity index (χ2n) is 10.4. The van der Waals surface area contributed by atoms with E-state index in [-0.39, 0.29) is 42.0 Å². The number of carbonyl (C=O) groups is 3. The summed E-state index contributed by atoms with van der Waals surface area (Å²) in [6.45, 7) is 9.71. The molecule has 2 aromatic rings. The molecule has 0 spiro atoms. The first-order valence-corrected chi connectivity index (χ1v) is 12.4. The minimum atomic E-state index is -1.03. The molecule has 3 atom stereocenters. The van der Waals surface area contributed by atoms with Gasteiger partial charge >= 0.3 is 6.09 Å². The van der Waals surface area contributed by atoms with Gasteiger partial charge in [0.1, 0.15) is 16.9 Å². The predicted octanol–water partition coefficient (Wildman–Crippen LogP) is 4.84. The van der Waals surface area contributed by atoms with Crippen LogP contribution in [0.2, 0.25) is 0 Å². The molecule has 2 N–H and O–H groups in total. The average molecular weight is 489 g/mol. The molecular weight excluding hydrogens is 451 g/mol. The van der Waals surface area contributed by atoms with Gasteiger partial charge in [-0.3, -0.25) is 9.59 Å². The number of likely N-dealkylation sites (tertiary alicyclic amines) is 1. The van der Waals surface area contributed by atoms with Crippen molar-refractivity contribution in [3.05, 3.63) is 29.8 Å². The Morgan fingerprint density at radius 2 is 2.00 bits per heavy atom. The van der Waals surface area contributed by atoms with Crippen LogP contribution in [0.3, 0.4) is 0 Å². The highest BCUT2D eigenvalue weighted by Gasteiger charge is 2.32. The summed E-state index contributed by atoms with van der Waals surface area (Å²) in [5.74, 6) is -0.786. The number of piperidine rings is 1. The number of rotatable bonds is 8. The molecule has 0 bridgehead atoms. The van der Waals surface area contributed by atoms with Gasteiger partial charge in [0.15, 0.2) is 11.6 Å². The summed E-state index contributed by atoms with van der Waals surface area (Å²) in [6, 6.07) is 3.77. The van der Waals surface area contributed by atoms with E-state index in [2.05, 4.69) is 22.2 Å². The van der Waals surface area contributed by atoms with Crippen molar-refractivity contribution in [2.45, 2.75) is 96.7 Å². The number of aromatic amines is 1. The van der Waals surface area contributed by atoms with Crippen molar-refractivity contribution in [1.29, 1.82) is 0 Å². The zero-order valence-corrected chi connectivity index (χ0v) is 21.3. The van der Waals surface area contributed by atoms with Crippen LogP contribution in [0.1, 0.15) is 84.9 Å². The predicted molar refractivity (Wildman–Crippen MR) is 132 cm³/mol. The van der Waals surface area contributed by atoms with Crippen LogP contribution in [-0.4, -0.2) is 56.9 Å². The third-order valence-corrected chi connectivity index (χ3v) is 6.33. The standard InChI is InChI=1S/C26H37FN4O4/c1-6-17-10-7-8-13-31(17)22(33)15-20(29-25(34)35-26(3,4)5)21(32)14-16(2)24-28-19-12-9-11-18(27)23(19)30-24/h9,11-12,16-17,20H,6-8,10,13-15H2,1-5H3,(H,28,30)(H,29,34)/t16-,17+,20+/m1/s1. The van der Waals surface area contributed by atoms with E-state index in [9.17, 15) is 18.8 Å². The van der Waals surface area contributed by atoms with Gasteiger partial charge in [-0.05, 0) is 58.6 Å². The summed E-state index contributed by atoms with van der Waals surface area (Å²) < 4.78 is 19.4. The van der Waals surface area contributed by atoms with Crippen molar-refractivity contribution in [3.63, 3.8) is 0 Å². The highest BCUT2D eigenvalue weighted by molar-refractivity contribution is 5.92. The third-order valence-electron chi connectivity index (χ3n) is 6.33. The Hall–Kier alpha value is -2.97. The van der Waals surface area contributed by atoms with Crippen molar-refractivity contribution in [2.24, 2.45) is 0 Å². The van der Waals surface area contributed by atoms with Crippen molar-refractivity contribution < 1.29 is 23.5 Å². The number of amides is 2. The lowest BCUT2D eigenvalue weighted by Gasteiger charge is -2.36. The van der Waals surface area contributed by atoms with Crippen molar-refractivity contribution in [2.75, 3.05) is 6.54 Å². The van der Waals surface area contributed by atoms with Gasteiger partial charge in [-0.15, -0.1) is 0 Å². The Kier molecular flexibility index (Phi) is 8.51. The van der Waals surface area contributed by atoms with Gasteiger partial charge in [0, 0.05) is 24.9 Å². The van der Waals surface area contributed by atoms with Crippen LogP contribution >= 0.6 is 0 Å². The van der Waals surface area contributed by atoms with Crippen LogP contribution in [0, 0.1) is 5.82 Å². The molecule has 192 valence electrons. The second kappa shape index (κ2) is 11.2. The number of alkyl carbamates (subject to hydrolysis) is 1. The molecule has 0 radical (unpaired) electrons. The first-order valence-electron chi connectivity index (χ1n) is 12.4. The fourth-order valence-corrected chi connectivity index (χ4v) is 4.53. The summed E-state index contributed by atoms with van der Waals surface area (Å²) in [6.07, 6.45) is 2.95. The van der Waals surface area contributed by atoms with Crippen molar-refractivity contribution >= 4 is 28.8 Å². The van der Waals surface area contributed by atoms with E-state index in [1.807, 2.05) is 4.90 Å². The van der Waals surface area contributed by atoms with E-state index in [4.69, 9.17) is 4.74 Å². The fraction of sp³-hybridized carbons (Fsp3) is 0.615. The van der Waals surface area contributed by atoms with E-state index in [0.717, 1.165) is 25.7 Å². The molecular formula is C26H37FN4O4. The van der Waals surface area contributed by atoms with Crippen LogP contribution in [0.25, 0.3) is 11.0 Å². The lowest BCUT2D eigenvalue weighted by Crippen LogP contribution is -2.49. The molecule has 8 nitrogen and oxygen atoms in total. The molecule has 2 amide bonds. The summed E-state index contributed by atoms with van der Waals surface area (Å²) in [5, 5.41) is 2.62. The maximum Gasteiger partial charge on any atom is 0.408 e. The molecule has 1 aromatic carbocycles. The summed E-state index contributed by atoms with van der Waals surface area (Å²) >= 11 is 0. The maximum atomic E-state index is 14.1. The van der Waals surface area contributed by atoms with Gasteiger partial charge in [-0.25, -0.2) is 14.2 Å². The summed E-state index contributed by atoms with van der Waals surface area (Å²) in [5.41, 5.74) is 0.0257. The van der Waals surface area contributed by atoms with Gasteiger partial charge in [-0.2, -0.15) is 0 Å². The topological polar surface area (TPSA) is 104 Å². The largest absolute Gasteiger partial charge is 0.444 e. The number of carbonyl (C=O) groups excluding carboxylic acids is 3. The first kappa shape index (κ1) is 26.6. The monoisotopic (exact) mass is 488 g/mol. The zero-order valence-electron chi connectivity index (χ0n) is 21.3. The Morgan fingerprint density at radius 3 is 2.66 bits per heavy atom. The molecule has 35 heavy (non-hydrogen) atoms. The fourth-order valence-electron chi connectivity index (χ4n) is 4.53. The van der Waals surface area contributed by atoms with Crippen LogP contribution < -0.4 is 5.32 Å². The second-order valence-corrected chi connectivity index (χ2v) is 10.4.